The highest BCUT2D eigenvalue weighted by molar-refractivity contribution is 5.79. The number of hydrogen-bond donors (Lipinski definition) is 2. The second kappa shape index (κ2) is 4.78. The highest BCUT2D eigenvalue weighted by Gasteiger charge is 2.32. The van der Waals surface area contributed by atoms with Gasteiger partial charge in [0.25, 0.3) is 0 Å². The third-order valence-corrected chi connectivity index (χ3v) is 3.06. The standard InChI is InChI=1S/C11H22N2O/c1-7(2)13-11(14)9-6-4-5-8(3)10(9)12/h7-10H,4-6,12H2,1-3H3,(H,13,14). The second-order valence-electron chi connectivity index (χ2n) is 4.76. The van der Waals surface area contributed by atoms with E-state index in [1.807, 2.05) is 13.8 Å². The first-order chi connectivity index (χ1) is 6.52. The smallest absolute Gasteiger partial charge is 0.224 e. The van der Waals surface area contributed by atoms with Crippen molar-refractivity contribution in [3.8, 4) is 0 Å². The fraction of sp³-hybridized carbons (Fsp3) is 0.909. The molecule has 0 bridgehead atoms. The van der Waals surface area contributed by atoms with Crippen molar-refractivity contribution in [3.05, 3.63) is 0 Å². The lowest BCUT2D eigenvalue weighted by molar-refractivity contribution is -0.127. The summed E-state index contributed by atoms with van der Waals surface area (Å²) >= 11 is 0. The molecule has 0 saturated heterocycles. The van der Waals surface area contributed by atoms with E-state index in [1.54, 1.807) is 0 Å². The summed E-state index contributed by atoms with van der Waals surface area (Å²) < 4.78 is 0. The molecule has 0 aromatic rings. The van der Waals surface area contributed by atoms with E-state index in [4.69, 9.17) is 5.73 Å². The van der Waals surface area contributed by atoms with Crippen LogP contribution in [-0.4, -0.2) is 18.0 Å². The second-order valence-corrected chi connectivity index (χ2v) is 4.76. The van der Waals surface area contributed by atoms with Gasteiger partial charge in [-0.25, -0.2) is 0 Å². The van der Waals surface area contributed by atoms with Crippen LogP contribution in [0.15, 0.2) is 0 Å². The highest BCUT2D eigenvalue weighted by atomic mass is 16.2. The Kier molecular flexibility index (Phi) is 3.93. The van der Waals surface area contributed by atoms with Crippen LogP contribution in [-0.2, 0) is 4.79 Å². The minimum Gasteiger partial charge on any atom is -0.354 e. The number of rotatable bonds is 2. The SMILES string of the molecule is CC(C)NC(=O)C1CCCC(C)C1N. The lowest BCUT2D eigenvalue weighted by Gasteiger charge is -2.33. The fourth-order valence-electron chi connectivity index (χ4n) is 2.14. The van der Waals surface area contributed by atoms with Crippen LogP contribution in [0.5, 0.6) is 0 Å². The van der Waals surface area contributed by atoms with Crippen molar-refractivity contribution in [2.24, 2.45) is 17.6 Å². The maximum atomic E-state index is 11.8. The summed E-state index contributed by atoms with van der Waals surface area (Å²) in [5, 5.41) is 2.94. The summed E-state index contributed by atoms with van der Waals surface area (Å²) in [6, 6.07) is 0.259. The van der Waals surface area contributed by atoms with Crippen LogP contribution in [0.3, 0.4) is 0 Å². The van der Waals surface area contributed by atoms with Gasteiger partial charge in [-0.05, 0) is 32.6 Å². The zero-order chi connectivity index (χ0) is 10.7. The Morgan fingerprint density at radius 3 is 2.64 bits per heavy atom. The fourth-order valence-corrected chi connectivity index (χ4v) is 2.14. The Morgan fingerprint density at radius 2 is 2.07 bits per heavy atom. The minimum atomic E-state index is 0.0288. The van der Waals surface area contributed by atoms with Gasteiger partial charge in [0.15, 0.2) is 0 Å². The van der Waals surface area contributed by atoms with Crippen LogP contribution in [0.2, 0.25) is 0 Å². The third-order valence-electron chi connectivity index (χ3n) is 3.06. The average Bonchev–Trinajstić information content (AvgIpc) is 2.08. The van der Waals surface area contributed by atoms with Crippen LogP contribution < -0.4 is 11.1 Å². The van der Waals surface area contributed by atoms with Gasteiger partial charge in [0, 0.05) is 12.1 Å². The van der Waals surface area contributed by atoms with E-state index in [-0.39, 0.29) is 23.9 Å². The molecule has 3 nitrogen and oxygen atoms in total. The largest absolute Gasteiger partial charge is 0.354 e. The first-order valence-corrected chi connectivity index (χ1v) is 5.58. The molecule has 14 heavy (non-hydrogen) atoms. The van der Waals surface area contributed by atoms with Gasteiger partial charge in [-0.2, -0.15) is 0 Å². The summed E-state index contributed by atoms with van der Waals surface area (Å²) in [6.07, 6.45) is 3.24. The number of carbonyl (C=O) groups excluding carboxylic acids is 1. The van der Waals surface area contributed by atoms with Gasteiger partial charge >= 0.3 is 0 Å². The molecular formula is C11H22N2O. The van der Waals surface area contributed by atoms with Gasteiger partial charge in [0.05, 0.1) is 5.92 Å². The number of nitrogens with one attached hydrogen (secondary N) is 1. The van der Waals surface area contributed by atoms with E-state index in [0.717, 1.165) is 19.3 Å². The highest BCUT2D eigenvalue weighted by Crippen LogP contribution is 2.27. The lowest BCUT2D eigenvalue weighted by atomic mass is 9.78. The molecule has 0 heterocycles. The summed E-state index contributed by atoms with van der Waals surface area (Å²) in [4.78, 5) is 11.8. The van der Waals surface area contributed by atoms with Crippen LogP contribution in [0.1, 0.15) is 40.0 Å². The molecule has 0 radical (unpaired) electrons. The van der Waals surface area contributed by atoms with Crippen LogP contribution in [0.25, 0.3) is 0 Å². The average molecular weight is 198 g/mol. The Bertz CT molecular complexity index is 203. The zero-order valence-corrected chi connectivity index (χ0v) is 9.42. The van der Waals surface area contributed by atoms with E-state index in [2.05, 4.69) is 12.2 Å². The normalized spacial score (nSPS) is 33.1. The summed E-state index contributed by atoms with van der Waals surface area (Å²) in [5.41, 5.74) is 6.04. The predicted molar refractivity (Wildman–Crippen MR) is 57.8 cm³/mol. The van der Waals surface area contributed by atoms with E-state index < -0.39 is 0 Å². The van der Waals surface area contributed by atoms with E-state index >= 15 is 0 Å². The van der Waals surface area contributed by atoms with Crippen molar-refractivity contribution in [2.45, 2.75) is 52.1 Å². The summed E-state index contributed by atoms with van der Waals surface area (Å²) in [7, 11) is 0. The molecule has 1 rings (SSSR count). The molecule has 0 aromatic heterocycles. The molecule has 1 saturated carbocycles. The molecule has 0 aromatic carbocycles. The number of nitrogens with two attached hydrogens (primary N) is 1. The number of carbonyl (C=O) groups is 1. The zero-order valence-electron chi connectivity index (χ0n) is 9.42. The van der Waals surface area contributed by atoms with Crippen molar-refractivity contribution in [1.29, 1.82) is 0 Å². The van der Waals surface area contributed by atoms with Crippen LogP contribution in [0, 0.1) is 11.8 Å². The Labute approximate surface area is 86.4 Å². The quantitative estimate of drug-likeness (QED) is 0.702. The Morgan fingerprint density at radius 1 is 1.43 bits per heavy atom. The predicted octanol–water partition coefficient (Wildman–Crippen LogP) is 1.27. The van der Waals surface area contributed by atoms with Gasteiger partial charge in [0.1, 0.15) is 0 Å². The maximum absolute atomic E-state index is 11.8. The van der Waals surface area contributed by atoms with E-state index in [1.165, 1.54) is 0 Å². The summed E-state index contributed by atoms with van der Waals surface area (Å²) in [5.74, 6) is 0.645. The molecule has 1 aliphatic carbocycles. The van der Waals surface area contributed by atoms with Gasteiger partial charge in [-0.15, -0.1) is 0 Å². The maximum Gasteiger partial charge on any atom is 0.224 e. The Balaban J connectivity index is 2.53. The monoisotopic (exact) mass is 198 g/mol. The van der Waals surface area contributed by atoms with Crippen molar-refractivity contribution >= 4 is 5.91 Å². The van der Waals surface area contributed by atoms with Crippen LogP contribution in [0.4, 0.5) is 0 Å². The summed E-state index contributed by atoms with van der Waals surface area (Å²) in [6.45, 7) is 6.10. The van der Waals surface area contributed by atoms with Crippen molar-refractivity contribution < 1.29 is 4.79 Å². The molecule has 3 heteroatoms. The van der Waals surface area contributed by atoms with Crippen LogP contribution >= 0.6 is 0 Å². The molecule has 0 spiro atoms. The minimum absolute atomic E-state index is 0.0288. The van der Waals surface area contributed by atoms with Gasteiger partial charge in [-0.1, -0.05) is 13.3 Å². The van der Waals surface area contributed by atoms with Gasteiger partial charge < -0.3 is 11.1 Å². The third kappa shape index (κ3) is 2.71. The number of hydrogen-bond acceptors (Lipinski definition) is 2. The first kappa shape index (κ1) is 11.5. The molecule has 3 N–H and O–H groups in total. The molecule has 3 atom stereocenters. The lowest BCUT2D eigenvalue weighted by Crippen LogP contribution is -2.48. The molecule has 82 valence electrons. The van der Waals surface area contributed by atoms with Crippen molar-refractivity contribution in [3.63, 3.8) is 0 Å². The molecule has 1 aliphatic rings. The molecule has 3 unspecified atom stereocenters. The number of amides is 1. The topological polar surface area (TPSA) is 55.1 Å². The first-order valence-electron chi connectivity index (χ1n) is 5.58. The molecule has 1 amide bonds. The molecule has 0 aliphatic heterocycles. The molecule has 1 fully saturated rings. The Hall–Kier alpha value is -0.570. The van der Waals surface area contributed by atoms with Gasteiger partial charge in [-0.3, -0.25) is 4.79 Å². The van der Waals surface area contributed by atoms with Crippen molar-refractivity contribution in [2.75, 3.05) is 0 Å². The van der Waals surface area contributed by atoms with E-state index in [9.17, 15) is 4.79 Å². The molecular weight excluding hydrogens is 176 g/mol. The van der Waals surface area contributed by atoms with Gasteiger partial charge in [0.2, 0.25) is 5.91 Å². The van der Waals surface area contributed by atoms with E-state index in [0.29, 0.717) is 5.92 Å². The van der Waals surface area contributed by atoms with Crippen molar-refractivity contribution in [1.82, 2.24) is 5.32 Å².